The summed E-state index contributed by atoms with van der Waals surface area (Å²) in [5, 5.41) is 6.71. The fourth-order valence-electron chi connectivity index (χ4n) is 3.19. The molecule has 132 valence electrons. The SMILES string of the molecule is COc1ccc(N2C(=S)N[C@H](c3ccccn3)[C@@H]2c2cccs2)cc1Cl. The lowest BCUT2D eigenvalue weighted by Gasteiger charge is -2.27. The van der Waals surface area contributed by atoms with Crippen LogP contribution in [0, 0.1) is 0 Å². The smallest absolute Gasteiger partial charge is 0.174 e. The van der Waals surface area contributed by atoms with Gasteiger partial charge in [-0.25, -0.2) is 0 Å². The molecule has 2 aromatic heterocycles. The number of ether oxygens (including phenoxy) is 1. The Kier molecular flexibility index (Phi) is 4.80. The highest BCUT2D eigenvalue weighted by Gasteiger charge is 2.41. The quantitative estimate of drug-likeness (QED) is 0.624. The van der Waals surface area contributed by atoms with E-state index in [1.807, 2.05) is 36.4 Å². The second kappa shape index (κ2) is 7.23. The van der Waals surface area contributed by atoms with Crippen LogP contribution in [0.25, 0.3) is 0 Å². The van der Waals surface area contributed by atoms with Gasteiger partial charge in [0.25, 0.3) is 0 Å². The molecular formula is C19H16ClN3OS2. The Balaban J connectivity index is 1.80. The number of pyridine rings is 1. The van der Waals surface area contributed by atoms with Gasteiger partial charge in [-0.2, -0.15) is 0 Å². The minimum atomic E-state index is -0.0387. The van der Waals surface area contributed by atoms with E-state index in [9.17, 15) is 0 Å². The first-order valence-electron chi connectivity index (χ1n) is 8.06. The van der Waals surface area contributed by atoms with Crippen molar-refractivity contribution >= 4 is 46.0 Å². The first-order valence-corrected chi connectivity index (χ1v) is 9.73. The van der Waals surface area contributed by atoms with Crippen molar-refractivity contribution in [3.8, 4) is 5.75 Å². The number of nitrogens with zero attached hydrogens (tertiary/aromatic N) is 2. The summed E-state index contributed by atoms with van der Waals surface area (Å²) in [6.07, 6.45) is 1.80. The van der Waals surface area contributed by atoms with Gasteiger partial charge in [0, 0.05) is 16.8 Å². The molecule has 0 spiro atoms. The number of aromatic nitrogens is 1. The van der Waals surface area contributed by atoms with Crippen LogP contribution in [0.3, 0.4) is 0 Å². The molecule has 1 aliphatic heterocycles. The Bertz CT molecular complexity index is 918. The third kappa shape index (κ3) is 3.05. The fourth-order valence-corrected chi connectivity index (χ4v) is 4.64. The summed E-state index contributed by atoms with van der Waals surface area (Å²) in [5.41, 5.74) is 1.88. The van der Waals surface area contributed by atoms with Gasteiger partial charge < -0.3 is 15.0 Å². The molecule has 3 heterocycles. The molecule has 1 N–H and O–H groups in total. The average molecular weight is 402 g/mol. The molecule has 0 bridgehead atoms. The van der Waals surface area contributed by atoms with Crippen molar-refractivity contribution in [3.63, 3.8) is 0 Å². The van der Waals surface area contributed by atoms with Crippen LogP contribution < -0.4 is 15.0 Å². The molecule has 2 atom stereocenters. The van der Waals surface area contributed by atoms with Crippen molar-refractivity contribution in [2.75, 3.05) is 12.0 Å². The number of methoxy groups -OCH3 is 1. The van der Waals surface area contributed by atoms with E-state index >= 15 is 0 Å². The molecule has 0 unspecified atom stereocenters. The van der Waals surface area contributed by atoms with Crippen molar-refractivity contribution in [2.45, 2.75) is 12.1 Å². The number of rotatable bonds is 4. The van der Waals surface area contributed by atoms with E-state index in [4.69, 9.17) is 28.6 Å². The zero-order valence-electron chi connectivity index (χ0n) is 13.9. The van der Waals surface area contributed by atoms with Crippen LogP contribution in [-0.2, 0) is 0 Å². The minimum Gasteiger partial charge on any atom is -0.495 e. The number of hydrogen-bond acceptors (Lipinski definition) is 4. The first kappa shape index (κ1) is 17.3. The lowest BCUT2D eigenvalue weighted by Crippen LogP contribution is -2.29. The Labute approximate surface area is 166 Å². The van der Waals surface area contributed by atoms with Crippen LogP contribution in [0.4, 0.5) is 5.69 Å². The zero-order valence-corrected chi connectivity index (χ0v) is 16.3. The molecule has 0 radical (unpaired) electrons. The van der Waals surface area contributed by atoms with Gasteiger partial charge in [-0.1, -0.05) is 23.7 Å². The molecule has 4 rings (SSSR count). The van der Waals surface area contributed by atoms with Crippen LogP contribution >= 0.6 is 35.2 Å². The topological polar surface area (TPSA) is 37.4 Å². The number of thiocarbonyl (C=S) groups is 1. The van der Waals surface area contributed by atoms with Crippen molar-refractivity contribution in [1.29, 1.82) is 0 Å². The summed E-state index contributed by atoms with van der Waals surface area (Å²) in [4.78, 5) is 7.85. The van der Waals surface area contributed by atoms with E-state index in [0.29, 0.717) is 15.9 Å². The maximum Gasteiger partial charge on any atom is 0.174 e. The van der Waals surface area contributed by atoms with Crippen LogP contribution in [0.1, 0.15) is 22.7 Å². The average Bonchev–Trinajstić information content (AvgIpc) is 3.30. The highest BCUT2D eigenvalue weighted by atomic mass is 35.5. The van der Waals surface area contributed by atoms with E-state index < -0.39 is 0 Å². The van der Waals surface area contributed by atoms with Crippen LogP contribution in [-0.4, -0.2) is 17.2 Å². The second-order valence-corrected chi connectivity index (χ2v) is 7.60. The molecule has 26 heavy (non-hydrogen) atoms. The summed E-state index contributed by atoms with van der Waals surface area (Å²) in [6.45, 7) is 0. The van der Waals surface area contributed by atoms with E-state index in [2.05, 4.69) is 32.7 Å². The van der Waals surface area contributed by atoms with Crippen LogP contribution in [0.15, 0.2) is 60.1 Å². The van der Waals surface area contributed by atoms with Crippen molar-refractivity contribution in [3.05, 3.63) is 75.7 Å². The van der Waals surface area contributed by atoms with Crippen molar-refractivity contribution in [2.24, 2.45) is 0 Å². The summed E-state index contributed by atoms with van der Waals surface area (Å²) < 4.78 is 5.27. The number of benzene rings is 1. The van der Waals surface area contributed by atoms with Gasteiger partial charge in [0.05, 0.1) is 29.9 Å². The second-order valence-electron chi connectivity index (χ2n) is 5.83. The van der Waals surface area contributed by atoms with Gasteiger partial charge in [-0.15, -0.1) is 11.3 Å². The Morgan fingerprint density at radius 1 is 1.23 bits per heavy atom. The summed E-state index contributed by atoms with van der Waals surface area (Å²) >= 11 is 13.7. The standard InChI is InChI=1S/C19H16ClN3OS2/c1-24-15-8-7-12(11-13(15)20)23-18(16-6-4-10-26-16)17(22-19(23)25)14-5-2-3-9-21-14/h2-11,17-18H,1H3,(H,22,25)/t17-,18+/m1/s1. The summed E-state index contributed by atoms with van der Waals surface area (Å²) in [7, 11) is 1.61. The van der Waals surface area contributed by atoms with E-state index in [1.165, 1.54) is 4.88 Å². The maximum atomic E-state index is 6.36. The van der Waals surface area contributed by atoms with Gasteiger partial charge in [-0.3, -0.25) is 4.98 Å². The molecule has 3 aromatic rings. The maximum absolute atomic E-state index is 6.36. The Morgan fingerprint density at radius 3 is 2.77 bits per heavy atom. The third-order valence-corrected chi connectivity index (χ3v) is 5.90. The zero-order chi connectivity index (χ0) is 18.1. The van der Waals surface area contributed by atoms with Gasteiger partial charge in [0.15, 0.2) is 5.11 Å². The molecular weight excluding hydrogens is 386 g/mol. The Morgan fingerprint density at radius 2 is 2.12 bits per heavy atom. The van der Waals surface area contributed by atoms with Gasteiger partial charge in [0.2, 0.25) is 0 Å². The summed E-state index contributed by atoms with van der Waals surface area (Å²) in [6, 6.07) is 15.8. The first-order chi connectivity index (χ1) is 12.7. The number of hydrogen-bond donors (Lipinski definition) is 1. The predicted octanol–water partition coefficient (Wildman–Crippen LogP) is 4.98. The van der Waals surface area contributed by atoms with Gasteiger partial charge in [0.1, 0.15) is 5.75 Å². The number of nitrogens with one attached hydrogen (secondary N) is 1. The Hall–Kier alpha value is -2.15. The lowest BCUT2D eigenvalue weighted by atomic mass is 10.0. The van der Waals surface area contributed by atoms with Crippen molar-refractivity contribution < 1.29 is 4.74 Å². The third-order valence-electron chi connectivity index (χ3n) is 4.35. The molecule has 1 aliphatic rings. The highest BCUT2D eigenvalue weighted by Crippen LogP contribution is 2.44. The largest absolute Gasteiger partial charge is 0.495 e. The van der Waals surface area contributed by atoms with Crippen LogP contribution in [0.5, 0.6) is 5.75 Å². The minimum absolute atomic E-state index is 0.00172. The highest BCUT2D eigenvalue weighted by molar-refractivity contribution is 7.80. The van der Waals surface area contributed by atoms with E-state index in [1.54, 1.807) is 24.6 Å². The lowest BCUT2D eigenvalue weighted by molar-refractivity contribution is 0.415. The molecule has 0 aliphatic carbocycles. The van der Waals surface area contributed by atoms with E-state index in [0.717, 1.165) is 11.4 Å². The molecule has 0 saturated carbocycles. The molecule has 1 saturated heterocycles. The molecule has 7 heteroatoms. The number of anilines is 1. The number of thiophene rings is 1. The predicted molar refractivity (Wildman–Crippen MR) is 110 cm³/mol. The molecule has 1 fully saturated rings. The van der Waals surface area contributed by atoms with E-state index in [-0.39, 0.29) is 12.1 Å². The fraction of sp³-hybridized carbons (Fsp3) is 0.158. The molecule has 0 amide bonds. The van der Waals surface area contributed by atoms with Gasteiger partial charge in [-0.05, 0) is 54.0 Å². The monoisotopic (exact) mass is 401 g/mol. The number of halogens is 1. The normalized spacial score (nSPS) is 19.5. The molecule has 4 nitrogen and oxygen atoms in total. The van der Waals surface area contributed by atoms with Crippen LogP contribution in [0.2, 0.25) is 5.02 Å². The summed E-state index contributed by atoms with van der Waals surface area (Å²) in [5.74, 6) is 0.641. The molecule has 1 aromatic carbocycles. The van der Waals surface area contributed by atoms with Crippen molar-refractivity contribution in [1.82, 2.24) is 10.3 Å². The van der Waals surface area contributed by atoms with Gasteiger partial charge >= 0.3 is 0 Å².